The molecular weight excluding hydrogens is 404 g/mol. The van der Waals surface area contributed by atoms with E-state index >= 15 is 0 Å². The number of hydrogen-bond acceptors (Lipinski definition) is 9. The highest BCUT2D eigenvalue weighted by Crippen LogP contribution is 2.29. The van der Waals surface area contributed by atoms with Crippen molar-refractivity contribution in [2.45, 2.75) is 23.8 Å². The van der Waals surface area contributed by atoms with Gasteiger partial charge in [0, 0.05) is 33.0 Å². The molecule has 1 aliphatic heterocycles. The number of rotatable bonds is 6. The number of esters is 1. The second-order valence-electron chi connectivity index (χ2n) is 6.43. The topological polar surface area (TPSA) is 102 Å². The van der Waals surface area contributed by atoms with Crippen LogP contribution in [0.4, 0.5) is 5.82 Å². The van der Waals surface area contributed by atoms with E-state index in [1.165, 1.54) is 23.7 Å². The minimum Gasteiger partial charge on any atom is -0.470 e. The second-order valence-corrected chi connectivity index (χ2v) is 9.25. The Balaban J connectivity index is 1.80. The molecule has 1 saturated heterocycles. The van der Waals surface area contributed by atoms with Gasteiger partial charge < -0.3 is 14.4 Å². The smallest absolute Gasteiger partial charge is 0.349 e. The Labute approximate surface area is 168 Å². The van der Waals surface area contributed by atoms with Crippen LogP contribution >= 0.6 is 11.3 Å². The molecule has 1 fully saturated rings. The van der Waals surface area contributed by atoms with Crippen molar-refractivity contribution in [2.75, 3.05) is 39.2 Å². The molecule has 2 aromatic heterocycles. The van der Waals surface area contributed by atoms with E-state index in [0.717, 1.165) is 11.3 Å². The third-order valence-corrected chi connectivity index (χ3v) is 7.24. The lowest BCUT2D eigenvalue weighted by Gasteiger charge is -2.32. The molecule has 1 atom stereocenters. The van der Waals surface area contributed by atoms with Crippen molar-refractivity contribution in [3.63, 3.8) is 0 Å². The van der Waals surface area contributed by atoms with E-state index in [1.54, 1.807) is 16.5 Å². The average Bonchev–Trinajstić information content (AvgIpc) is 3.18. The summed E-state index contributed by atoms with van der Waals surface area (Å²) in [6.07, 6.45) is 4.08. The maximum absolute atomic E-state index is 13.1. The lowest BCUT2D eigenvalue weighted by Crippen LogP contribution is -2.44. The van der Waals surface area contributed by atoms with Crippen molar-refractivity contribution in [2.24, 2.45) is 0 Å². The fourth-order valence-electron chi connectivity index (χ4n) is 2.97. The summed E-state index contributed by atoms with van der Waals surface area (Å²) in [4.78, 5) is 22.2. The summed E-state index contributed by atoms with van der Waals surface area (Å²) in [6, 6.07) is 1.43. The zero-order chi connectivity index (χ0) is 20.3. The van der Waals surface area contributed by atoms with Gasteiger partial charge in [0.2, 0.25) is 10.0 Å². The molecule has 1 unspecified atom stereocenters. The Morgan fingerprint density at radius 1 is 1.32 bits per heavy atom. The average molecular weight is 427 g/mol. The first-order valence-electron chi connectivity index (χ1n) is 8.65. The summed E-state index contributed by atoms with van der Waals surface area (Å²) in [5, 5.41) is 1.57. The molecule has 3 heterocycles. The van der Waals surface area contributed by atoms with Crippen molar-refractivity contribution in [3.8, 4) is 5.88 Å². The molecule has 0 spiro atoms. The number of ether oxygens (including phenoxy) is 2. The molecule has 0 bridgehead atoms. The van der Waals surface area contributed by atoms with E-state index in [0.29, 0.717) is 31.1 Å². The molecule has 28 heavy (non-hydrogen) atoms. The van der Waals surface area contributed by atoms with Gasteiger partial charge in [0.15, 0.2) is 5.82 Å². The summed E-state index contributed by atoms with van der Waals surface area (Å²) >= 11 is 1.05. The second kappa shape index (κ2) is 8.41. The van der Waals surface area contributed by atoms with E-state index in [-0.39, 0.29) is 22.4 Å². The Kier molecular flexibility index (Phi) is 6.16. The molecule has 0 amide bonds. The van der Waals surface area contributed by atoms with Gasteiger partial charge >= 0.3 is 5.97 Å². The van der Waals surface area contributed by atoms with Gasteiger partial charge in [-0.3, -0.25) is 0 Å². The number of nitrogens with zero attached hydrogens (tertiary/aromatic N) is 4. The number of anilines is 1. The van der Waals surface area contributed by atoms with Gasteiger partial charge in [-0.05, 0) is 24.3 Å². The van der Waals surface area contributed by atoms with Gasteiger partial charge in [-0.25, -0.2) is 23.2 Å². The summed E-state index contributed by atoms with van der Waals surface area (Å²) in [6.45, 7) is 0.530. The predicted octanol–water partition coefficient (Wildman–Crippen LogP) is 1.62. The Morgan fingerprint density at radius 2 is 2.07 bits per heavy atom. The van der Waals surface area contributed by atoms with Crippen LogP contribution in [0.2, 0.25) is 0 Å². The Bertz CT molecular complexity index is 945. The standard InChI is InChI=1S/C17H22N4O5S2/c1-20(2)15-16(19-8-7-18-15)26-12-5-4-9-21(11-12)28(23,24)13-6-10-27-14(13)17(22)25-3/h6-8,10,12H,4-5,9,11H2,1-3H3. The molecule has 0 saturated carbocycles. The predicted molar refractivity (Wildman–Crippen MR) is 104 cm³/mol. The van der Waals surface area contributed by atoms with Crippen LogP contribution < -0.4 is 9.64 Å². The van der Waals surface area contributed by atoms with Gasteiger partial charge in [0.1, 0.15) is 15.9 Å². The van der Waals surface area contributed by atoms with Gasteiger partial charge in [-0.2, -0.15) is 4.31 Å². The van der Waals surface area contributed by atoms with Gasteiger partial charge in [-0.15, -0.1) is 11.3 Å². The van der Waals surface area contributed by atoms with Crippen LogP contribution in [0.25, 0.3) is 0 Å². The van der Waals surface area contributed by atoms with Crippen molar-refractivity contribution in [3.05, 3.63) is 28.7 Å². The number of thiophene rings is 1. The number of methoxy groups -OCH3 is 1. The Morgan fingerprint density at radius 3 is 2.79 bits per heavy atom. The first-order valence-corrected chi connectivity index (χ1v) is 11.0. The van der Waals surface area contributed by atoms with Crippen LogP contribution in [-0.4, -0.2) is 69.1 Å². The summed E-state index contributed by atoms with van der Waals surface area (Å²) in [5.41, 5.74) is 0. The number of piperidine rings is 1. The normalized spacial score (nSPS) is 17.9. The fraction of sp³-hybridized carbons (Fsp3) is 0.471. The number of sulfonamides is 1. The van der Waals surface area contributed by atoms with Crippen LogP contribution in [0.5, 0.6) is 5.88 Å². The van der Waals surface area contributed by atoms with Crippen molar-refractivity contribution in [1.82, 2.24) is 14.3 Å². The third kappa shape index (κ3) is 4.10. The maximum atomic E-state index is 13.1. The molecule has 3 rings (SSSR count). The highest BCUT2D eigenvalue weighted by Gasteiger charge is 2.35. The Hall–Kier alpha value is -2.24. The van der Waals surface area contributed by atoms with Crippen LogP contribution in [0.1, 0.15) is 22.5 Å². The molecule has 0 N–H and O–H groups in total. The van der Waals surface area contributed by atoms with E-state index < -0.39 is 16.0 Å². The number of carbonyl (C=O) groups excluding carboxylic acids is 1. The fourth-order valence-corrected chi connectivity index (χ4v) is 5.78. The van der Waals surface area contributed by atoms with E-state index in [9.17, 15) is 13.2 Å². The van der Waals surface area contributed by atoms with Gasteiger partial charge in [0.05, 0.1) is 13.7 Å². The molecule has 0 radical (unpaired) electrons. The highest BCUT2D eigenvalue weighted by atomic mass is 32.2. The zero-order valence-corrected chi connectivity index (χ0v) is 17.5. The molecule has 9 nitrogen and oxygen atoms in total. The monoisotopic (exact) mass is 426 g/mol. The molecule has 0 aliphatic carbocycles. The van der Waals surface area contributed by atoms with Crippen molar-refractivity contribution >= 4 is 33.1 Å². The molecule has 152 valence electrons. The number of aromatic nitrogens is 2. The number of carbonyl (C=O) groups is 1. The summed E-state index contributed by atoms with van der Waals surface area (Å²) in [5.74, 6) is 0.282. The first-order chi connectivity index (χ1) is 13.3. The van der Waals surface area contributed by atoms with Crippen LogP contribution in [0, 0.1) is 0 Å². The SMILES string of the molecule is COC(=O)c1sccc1S(=O)(=O)N1CCCC(Oc2nccnc2N(C)C)C1. The van der Waals surface area contributed by atoms with Crippen LogP contribution in [-0.2, 0) is 14.8 Å². The minimum absolute atomic E-state index is 0.0292. The van der Waals surface area contributed by atoms with E-state index in [2.05, 4.69) is 9.97 Å². The minimum atomic E-state index is -3.84. The van der Waals surface area contributed by atoms with Crippen molar-refractivity contribution in [1.29, 1.82) is 0 Å². The third-order valence-electron chi connectivity index (χ3n) is 4.31. The molecular formula is C17H22N4O5S2. The molecule has 11 heteroatoms. The van der Waals surface area contributed by atoms with Gasteiger partial charge in [-0.1, -0.05) is 0 Å². The number of hydrogen-bond donors (Lipinski definition) is 0. The lowest BCUT2D eigenvalue weighted by molar-refractivity contribution is 0.0602. The van der Waals surface area contributed by atoms with Gasteiger partial charge in [0.25, 0.3) is 5.88 Å². The maximum Gasteiger partial charge on any atom is 0.349 e. The highest BCUT2D eigenvalue weighted by molar-refractivity contribution is 7.89. The lowest BCUT2D eigenvalue weighted by atomic mass is 10.1. The zero-order valence-electron chi connectivity index (χ0n) is 15.9. The summed E-state index contributed by atoms with van der Waals surface area (Å²) < 4.78 is 38.2. The quantitative estimate of drug-likeness (QED) is 0.642. The first kappa shape index (κ1) is 20.5. The van der Waals surface area contributed by atoms with Crippen LogP contribution in [0.3, 0.4) is 0 Å². The van der Waals surface area contributed by atoms with E-state index in [4.69, 9.17) is 9.47 Å². The van der Waals surface area contributed by atoms with Crippen LogP contribution in [0.15, 0.2) is 28.7 Å². The largest absolute Gasteiger partial charge is 0.470 e. The summed E-state index contributed by atoms with van der Waals surface area (Å²) in [7, 11) is 1.05. The van der Waals surface area contributed by atoms with Crippen molar-refractivity contribution < 1.29 is 22.7 Å². The molecule has 0 aromatic carbocycles. The van der Waals surface area contributed by atoms with E-state index in [1.807, 2.05) is 14.1 Å². The molecule has 1 aliphatic rings. The molecule has 2 aromatic rings.